The standard InChI is InChI=1S/C11H25N3/c1-9(2)11(12)8-14-6-5-13(4)10(3)7-14/h9-11H,5-8,12H2,1-4H3/t10?,11-/m1/s1. The molecule has 14 heavy (non-hydrogen) atoms. The molecule has 0 aromatic carbocycles. The Morgan fingerprint density at radius 2 is 2.00 bits per heavy atom. The van der Waals surface area contributed by atoms with E-state index in [1.807, 2.05) is 0 Å². The smallest absolute Gasteiger partial charge is 0.0192 e. The van der Waals surface area contributed by atoms with Crippen LogP contribution in [-0.4, -0.2) is 55.1 Å². The molecule has 84 valence electrons. The summed E-state index contributed by atoms with van der Waals surface area (Å²) < 4.78 is 0. The van der Waals surface area contributed by atoms with E-state index < -0.39 is 0 Å². The van der Waals surface area contributed by atoms with Gasteiger partial charge in [-0.15, -0.1) is 0 Å². The molecule has 0 radical (unpaired) electrons. The molecule has 2 atom stereocenters. The van der Waals surface area contributed by atoms with Crippen molar-refractivity contribution in [2.24, 2.45) is 11.7 Å². The summed E-state index contributed by atoms with van der Waals surface area (Å²) in [7, 11) is 2.20. The molecule has 0 saturated carbocycles. The Hall–Kier alpha value is -0.120. The molecule has 3 nitrogen and oxygen atoms in total. The van der Waals surface area contributed by atoms with Crippen molar-refractivity contribution >= 4 is 0 Å². The molecular formula is C11H25N3. The van der Waals surface area contributed by atoms with Gasteiger partial charge in [0.1, 0.15) is 0 Å². The predicted molar refractivity (Wildman–Crippen MR) is 61.3 cm³/mol. The molecule has 1 fully saturated rings. The monoisotopic (exact) mass is 199 g/mol. The average Bonchev–Trinajstić information content (AvgIpc) is 2.11. The van der Waals surface area contributed by atoms with Gasteiger partial charge in [0.25, 0.3) is 0 Å². The van der Waals surface area contributed by atoms with Gasteiger partial charge in [-0.25, -0.2) is 0 Å². The SMILES string of the molecule is CC(C)[C@H](N)CN1CCN(C)C(C)C1. The number of piperazine rings is 1. The molecule has 0 aliphatic carbocycles. The van der Waals surface area contributed by atoms with Crippen molar-refractivity contribution in [2.45, 2.75) is 32.9 Å². The van der Waals surface area contributed by atoms with Crippen molar-refractivity contribution in [3.05, 3.63) is 0 Å². The maximum Gasteiger partial charge on any atom is 0.0192 e. The summed E-state index contributed by atoms with van der Waals surface area (Å²) in [4.78, 5) is 4.91. The molecule has 1 aliphatic rings. The van der Waals surface area contributed by atoms with Crippen molar-refractivity contribution in [1.82, 2.24) is 9.80 Å². The fourth-order valence-electron chi connectivity index (χ4n) is 1.80. The number of nitrogens with two attached hydrogens (primary N) is 1. The van der Waals surface area contributed by atoms with E-state index in [9.17, 15) is 0 Å². The van der Waals surface area contributed by atoms with E-state index in [0.717, 1.165) is 13.1 Å². The van der Waals surface area contributed by atoms with Crippen LogP contribution in [0.2, 0.25) is 0 Å². The number of hydrogen-bond acceptors (Lipinski definition) is 3. The van der Waals surface area contributed by atoms with Crippen LogP contribution in [0.25, 0.3) is 0 Å². The van der Waals surface area contributed by atoms with Crippen LogP contribution in [0, 0.1) is 5.92 Å². The highest BCUT2D eigenvalue weighted by atomic mass is 15.3. The zero-order chi connectivity index (χ0) is 10.7. The maximum absolute atomic E-state index is 6.07. The molecule has 2 N–H and O–H groups in total. The fourth-order valence-corrected chi connectivity index (χ4v) is 1.80. The first-order valence-corrected chi connectivity index (χ1v) is 5.69. The summed E-state index contributed by atoms with van der Waals surface area (Å²) in [5.41, 5.74) is 6.07. The first kappa shape index (κ1) is 12.0. The molecule has 1 aliphatic heterocycles. The van der Waals surface area contributed by atoms with Gasteiger partial charge in [0.05, 0.1) is 0 Å². The van der Waals surface area contributed by atoms with Gasteiger partial charge >= 0.3 is 0 Å². The highest BCUT2D eigenvalue weighted by molar-refractivity contribution is 4.80. The number of likely N-dealkylation sites (N-methyl/N-ethyl adjacent to an activating group) is 1. The van der Waals surface area contributed by atoms with Crippen LogP contribution in [0.15, 0.2) is 0 Å². The molecule has 1 heterocycles. The summed E-state index contributed by atoms with van der Waals surface area (Å²) in [6, 6.07) is 0.994. The normalized spacial score (nSPS) is 28.3. The van der Waals surface area contributed by atoms with E-state index in [4.69, 9.17) is 5.73 Å². The highest BCUT2D eigenvalue weighted by Gasteiger charge is 2.22. The van der Waals surface area contributed by atoms with Gasteiger partial charge in [-0.05, 0) is 19.9 Å². The third-order valence-electron chi connectivity index (χ3n) is 3.37. The largest absolute Gasteiger partial charge is 0.326 e. The molecule has 0 amide bonds. The lowest BCUT2D eigenvalue weighted by Crippen LogP contribution is -2.53. The van der Waals surface area contributed by atoms with Gasteiger partial charge in [-0.2, -0.15) is 0 Å². The lowest BCUT2D eigenvalue weighted by atomic mass is 10.0. The van der Waals surface area contributed by atoms with Crippen molar-refractivity contribution in [3.8, 4) is 0 Å². The molecule has 0 bridgehead atoms. The Balaban J connectivity index is 2.33. The summed E-state index contributed by atoms with van der Waals surface area (Å²) >= 11 is 0. The van der Waals surface area contributed by atoms with Gasteiger partial charge in [0.2, 0.25) is 0 Å². The minimum Gasteiger partial charge on any atom is -0.326 e. The van der Waals surface area contributed by atoms with Crippen LogP contribution in [0.5, 0.6) is 0 Å². The van der Waals surface area contributed by atoms with Gasteiger partial charge < -0.3 is 10.6 Å². The van der Waals surface area contributed by atoms with Gasteiger partial charge in [0, 0.05) is 38.3 Å². The van der Waals surface area contributed by atoms with Crippen molar-refractivity contribution in [1.29, 1.82) is 0 Å². The quantitative estimate of drug-likeness (QED) is 0.723. The highest BCUT2D eigenvalue weighted by Crippen LogP contribution is 2.09. The van der Waals surface area contributed by atoms with Crippen LogP contribution in [-0.2, 0) is 0 Å². The molecule has 1 rings (SSSR count). The Morgan fingerprint density at radius 3 is 2.50 bits per heavy atom. The van der Waals surface area contributed by atoms with Crippen molar-refractivity contribution in [2.75, 3.05) is 33.2 Å². The van der Waals surface area contributed by atoms with Crippen molar-refractivity contribution < 1.29 is 0 Å². The first-order valence-electron chi connectivity index (χ1n) is 5.69. The summed E-state index contributed by atoms with van der Waals surface area (Å²) in [5.74, 6) is 0.588. The lowest BCUT2D eigenvalue weighted by molar-refractivity contribution is 0.0964. The van der Waals surface area contributed by atoms with E-state index in [2.05, 4.69) is 37.6 Å². The number of hydrogen-bond donors (Lipinski definition) is 1. The van der Waals surface area contributed by atoms with E-state index in [1.54, 1.807) is 0 Å². The topological polar surface area (TPSA) is 32.5 Å². The van der Waals surface area contributed by atoms with Crippen LogP contribution in [0.4, 0.5) is 0 Å². The second-order valence-corrected chi connectivity index (χ2v) is 5.00. The first-order chi connectivity index (χ1) is 6.50. The Bertz CT molecular complexity index is 170. The average molecular weight is 199 g/mol. The predicted octanol–water partition coefficient (Wildman–Crippen LogP) is 0.606. The molecule has 0 aromatic rings. The van der Waals surface area contributed by atoms with Gasteiger partial charge in [-0.3, -0.25) is 4.90 Å². The van der Waals surface area contributed by atoms with Gasteiger partial charge in [0.15, 0.2) is 0 Å². The van der Waals surface area contributed by atoms with E-state index in [-0.39, 0.29) is 0 Å². The molecule has 3 heteroatoms. The summed E-state index contributed by atoms with van der Waals surface area (Å²) in [6.45, 7) is 11.2. The Kier molecular flexibility index (Phi) is 4.35. The lowest BCUT2D eigenvalue weighted by Gasteiger charge is -2.39. The second-order valence-electron chi connectivity index (χ2n) is 5.00. The molecule has 0 aromatic heterocycles. The van der Waals surface area contributed by atoms with E-state index in [1.165, 1.54) is 13.1 Å². The summed E-state index contributed by atoms with van der Waals surface area (Å²) in [5, 5.41) is 0. The number of rotatable bonds is 3. The van der Waals surface area contributed by atoms with Crippen LogP contribution in [0.1, 0.15) is 20.8 Å². The number of nitrogens with zero attached hydrogens (tertiary/aromatic N) is 2. The maximum atomic E-state index is 6.07. The van der Waals surface area contributed by atoms with E-state index in [0.29, 0.717) is 18.0 Å². The van der Waals surface area contributed by atoms with E-state index >= 15 is 0 Å². The third-order valence-corrected chi connectivity index (χ3v) is 3.37. The third kappa shape index (κ3) is 3.23. The zero-order valence-electron chi connectivity index (χ0n) is 10.0. The fraction of sp³-hybridized carbons (Fsp3) is 1.00. The zero-order valence-corrected chi connectivity index (χ0v) is 10.0. The molecule has 1 saturated heterocycles. The molecule has 0 spiro atoms. The van der Waals surface area contributed by atoms with Crippen LogP contribution in [0.3, 0.4) is 0 Å². The summed E-state index contributed by atoms with van der Waals surface area (Å²) in [6.07, 6.45) is 0. The minimum absolute atomic E-state index is 0.325. The second kappa shape index (κ2) is 5.10. The minimum atomic E-state index is 0.325. The van der Waals surface area contributed by atoms with Crippen LogP contribution < -0.4 is 5.73 Å². The Labute approximate surface area is 88.2 Å². The molecule has 1 unspecified atom stereocenters. The molecular weight excluding hydrogens is 174 g/mol. The van der Waals surface area contributed by atoms with Crippen molar-refractivity contribution in [3.63, 3.8) is 0 Å². The Morgan fingerprint density at radius 1 is 1.36 bits per heavy atom. The van der Waals surface area contributed by atoms with Gasteiger partial charge in [-0.1, -0.05) is 13.8 Å². The van der Waals surface area contributed by atoms with Crippen LogP contribution >= 0.6 is 0 Å².